The third-order valence-corrected chi connectivity index (χ3v) is 4.79. The molecule has 1 fully saturated rings. The first kappa shape index (κ1) is 19.5. The number of aromatic nitrogens is 1. The van der Waals surface area contributed by atoms with Gasteiger partial charge in [0.05, 0.1) is 5.69 Å². The van der Waals surface area contributed by atoms with Gasteiger partial charge in [-0.2, -0.15) is 13.2 Å². The molecule has 1 amide bonds. The summed E-state index contributed by atoms with van der Waals surface area (Å²) in [5.74, 6) is 0.864. The summed E-state index contributed by atoms with van der Waals surface area (Å²) in [6.45, 7) is 6.15. The molecule has 25 heavy (non-hydrogen) atoms. The second-order valence-electron chi connectivity index (χ2n) is 7.14. The van der Waals surface area contributed by atoms with Gasteiger partial charge in [-0.05, 0) is 42.7 Å². The number of alkyl carbamates (subject to hydrolysis) is 1. The molecule has 0 spiro atoms. The second-order valence-corrected chi connectivity index (χ2v) is 7.14. The number of hydrogen-bond donors (Lipinski definition) is 1. The average molecular weight is 358 g/mol. The van der Waals surface area contributed by atoms with Crippen molar-refractivity contribution in [1.82, 2.24) is 10.3 Å². The predicted octanol–water partition coefficient (Wildman–Crippen LogP) is 4.87. The van der Waals surface area contributed by atoms with Crippen LogP contribution < -0.4 is 5.32 Å². The number of carbonyl (C=O) groups excluding carboxylic acids is 1. The monoisotopic (exact) mass is 358 g/mol. The van der Waals surface area contributed by atoms with Crippen LogP contribution >= 0.6 is 0 Å². The van der Waals surface area contributed by atoms with Crippen LogP contribution in [0.5, 0.6) is 0 Å². The van der Waals surface area contributed by atoms with Crippen LogP contribution in [0, 0.1) is 17.8 Å². The summed E-state index contributed by atoms with van der Waals surface area (Å²) in [6, 6.07) is 2.02. The molecule has 0 aromatic carbocycles. The van der Waals surface area contributed by atoms with Crippen molar-refractivity contribution in [2.24, 2.45) is 17.8 Å². The van der Waals surface area contributed by atoms with Gasteiger partial charge in [-0.25, -0.2) is 4.79 Å². The van der Waals surface area contributed by atoms with Crippen LogP contribution in [0.1, 0.15) is 51.8 Å². The Morgan fingerprint density at radius 1 is 1.32 bits per heavy atom. The van der Waals surface area contributed by atoms with E-state index in [1.54, 1.807) is 0 Å². The smallest absolute Gasteiger partial charge is 0.414 e. The fourth-order valence-electron chi connectivity index (χ4n) is 3.41. The topological polar surface area (TPSA) is 51.2 Å². The van der Waals surface area contributed by atoms with E-state index in [1.807, 2.05) is 19.2 Å². The lowest BCUT2D eigenvalue weighted by molar-refractivity contribution is -0.157. The van der Waals surface area contributed by atoms with Crippen molar-refractivity contribution in [3.8, 4) is 0 Å². The Hall–Kier alpha value is -1.79. The SMILES string of the molecule is CC1CCC(C(C)C)C(OC(=O)NC(c2ccccn2)C(F)(F)F)C1. The van der Waals surface area contributed by atoms with Gasteiger partial charge in [-0.1, -0.05) is 33.3 Å². The highest BCUT2D eigenvalue weighted by Crippen LogP contribution is 2.36. The Balaban J connectivity index is 2.08. The summed E-state index contributed by atoms with van der Waals surface area (Å²) < 4.78 is 45.3. The molecule has 0 bridgehead atoms. The van der Waals surface area contributed by atoms with Crippen LogP contribution in [0.25, 0.3) is 0 Å². The minimum absolute atomic E-state index is 0.168. The number of nitrogens with one attached hydrogen (secondary N) is 1. The van der Waals surface area contributed by atoms with Gasteiger partial charge in [0.1, 0.15) is 6.10 Å². The Kier molecular flexibility index (Phi) is 6.30. The zero-order valence-electron chi connectivity index (χ0n) is 14.7. The van der Waals surface area contributed by atoms with E-state index in [0.717, 1.165) is 12.8 Å². The lowest BCUT2D eigenvalue weighted by Gasteiger charge is -2.37. The Bertz CT molecular complexity index is 563. The molecule has 4 nitrogen and oxygen atoms in total. The third-order valence-electron chi connectivity index (χ3n) is 4.79. The normalized spacial score (nSPS) is 25.5. The largest absolute Gasteiger partial charge is 0.446 e. The van der Waals surface area contributed by atoms with E-state index in [4.69, 9.17) is 4.74 Å². The maximum absolute atomic E-state index is 13.3. The van der Waals surface area contributed by atoms with Crippen LogP contribution in [0.3, 0.4) is 0 Å². The molecule has 1 heterocycles. The minimum atomic E-state index is -4.65. The van der Waals surface area contributed by atoms with Crippen molar-refractivity contribution in [3.63, 3.8) is 0 Å². The Labute approximate surface area is 146 Å². The molecule has 0 saturated heterocycles. The van der Waals surface area contributed by atoms with Crippen LogP contribution in [0.2, 0.25) is 0 Å². The minimum Gasteiger partial charge on any atom is -0.446 e. The van der Waals surface area contributed by atoms with Crippen molar-refractivity contribution >= 4 is 6.09 Å². The van der Waals surface area contributed by atoms with Crippen molar-refractivity contribution in [3.05, 3.63) is 30.1 Å². The summed E-state index contributed by atoms with van der Waals surface area (Å²) >= 11 is 0. The quantitative estimate of drug-likeness (QED) is 0.835. The number of halogens is 3. The molecule has 0 radical (unpaired) electrons. The number of carbonyl (C=O) groups is 1. The fourth-order valence-corrected chi connectivity index (χ4v) is 3.41. The van der Waals surface area contributed by atoms with Gasteiger partial charge in [0.25, 0.3) is 0 Å². The molecule has 1 aliphatic rings. The first-order chi connectivity index (χ1) is 11.7. The van der Waals surface area contributed by atoms with Gasteiger partial charge in [-0.15, -0.1) is 0 Å². The van der Waals surface area contributed by atoms with Crippen LogP contribution in [0.4, 0.5) is 18.0 Å². The highest BCUT2D eigenvalue weighted by molar-refractivity contribution is 5.68. The molecule has 7 heteroatoms. The summed E-state index contributed by atoms with van der Waals surface area (Å²) in [6.07, 6.45) is -2.15. The fraction of sp³-hybridized carbons (Fsp3) is 0.667. The van der Waals surface area contributed by atoms with E-state index in [0.29, 0.717) is 18.3 Å². The summed E-state index contributed by atoms with van der Waals surface area (Å²) in [4.78, 5) is 15.9. The zero-order valence-corrected chi connectivity index (χ0v) is 14.7. The number of amides is 1. The number of pyridine rings is 1. The van der Waals surface area contributed by atoms with Crippen LogP contribution in [-0.2, 0) is 4.74 Å². The van der Waals surface area contributed by atoms with E-state index in [1.165, 1.54) is 24.4 Å². The van der Waals surface area contributed by atoms with Gasteiger partial charge in [0.2, 0.25) is 0 Å². The summed E-state index contributed by atoms with van der Waals surface area (Å²) in [7, 11) is 0. The molecule has 1 aliphatic carbocycles. The molecule has 4 unspecified atom stereocenters. The highest BCUT2D eigenvalue weighted by Gasteiger charge is 2.44. The van der Waals surface area contributed by atoms with Gasteiger partial charge >= 0.3 is 12.3 Å². The maximum Gasteiger partial charge on any atom is 0.414 e. The Morgan fingerprint density at radius 2 is 2.04 bits per heavy atom. The van der Waals surface area contributed by atoms with E-state index < -0.39 is 18.3 Å². The lowest BCUT2D eigenvalue weighted by atomic mass is 9.75. The lowest BCUT2D eigenvalue weighted by Crippen LogP contribution is -2.43. The van der Waals surface area contributed by atoms with E-state index in [-0.39, 0.29) is 17.7 Å². The number of ether oxygens (including phenoxy) is 1. The van der Waals surface area contributed by atoms with E-state index in [2.05, 4.69) is 11.9 Å². The molecule has 1 saturated carbocycles. The van der Waals surface area contributed by atoms with Crippen LogP contribution in [-0.4, -0.2) is 23.4 Å². The summed E-state index contributed by atoms with van der Waals surface area (Å²) in [5.41, 5.74) is -0.260. The van der Waals surface area contributed by atoms with Crippen molar-refractivity contribution < 1.29 is 22.7 Å². The molecule has 1 N–H and O–H groups in total. The molecular weight excluding hydrogens is 333 g/mol. The second kappa shape index (κ2) is 8.06. The molecule has 1 aromatic rings. The third kappa shape index (κ3) is 5.34. The van der Waals surface area contributed by atoms with Gasteiger partial charge in [-0.3, -0.25) is 4.98 Å². The predicted molar refractivity (Wildman–Crippen MR) is 87.8 cm³/mol. The number of nitrogens with zero attached hydrogens (tertiary/aromatic N) is 1. The number of rotatable bonds is 4. The van der Waals surface area contributed by atoms with Crippen LogP contribution in [0.15, 0.2) is 24.4 Å². The molecule has 0 aliphatic heterocycles. The van der Waals surface area contributed by atoms with Crippen molar-refractivity contribution in [1.29, 1.82) is 0 Å². The Morgan fingerprint density at radius 3 is 2.60 bits per heavy atom. The molecule has 4 atom stereocenters. The number of alkyl halides is 3. The van der Waals surface area contributed by atoms with Gasteiger partial charge < -0.3 is 10.1 Å². The van der Waals surface area contributed by atoms with E-state index in [9.17, 15) is 18.0 Å². The standard InChI is InChI=1S/C18H25F3N2O2/c1-11(2)13-8-7-12(3)10-15(13)25-17(24)23-16(18(19,20)21)14-6-4-5-9-22-14/h4-6,9,11-13,15-16H,7-8,10H2,1-3H3,(H,23,24). The van der Waals surface area contributed by atoms with Crippen molar-refractivity contribution in [2.75, 3.05) is 0 Å². The molecule has 140 valence electrons. The van der Waals surface area contributed by atoms with Gasteiger partial charge in [0.15, 0.2) is 6.04 Å². The maximum atomic E-state index is 13.3. The van der Waals surface area contributed by atoms with E-state index >= 15 is 0 Å². The first-order valence-electron chi connectivity index (χ1n) is 8.63. The molecule has 2 rings (SSSR count). The molecule has 1 aromatic heterocycles. The summed E-state index contributed by atoms with van der Waals surface area (Å²) in [5, 5.41) is 1.95. The number of hydrogen-bond acceptors (Lipinski definition) is 3. The highest BCUT2D eigenvalue weighted by atomic mass is 19.4. The average Bonchev–Trinajstić information content (AvgIpc) is 2.52. The zero-order chi connectivity index (χ0) is 18.6. The first-order valence-corrected chi connectivity index (χ1v) is 8.63. The van der Waals surface area contributed by atoms with Gasteiger partial charge in [0, 0.05) is 6.20 Å². The van der Waals surface area contributed by atoms with Crippen molar-refractivity contribution in [2.45, 2.75) is 58.4 Å². The molecular formula is C18H25F3N2O2.